The molecule has 0 aromatic carbocycles. The molecule has 0 atom stereocenters. The Kier molecular flexibility index (Phi) is 18.3. The van der Waals surface area contributed by atoms with E-state index in [1.165, 1.54) is 44.9 Å². The van der Waals surface area contributed by atoms with Crippen LogP contribution in [0.25, 0.3) is 0 Å². The minimum absolute atomic E-state index is 0.330. The van der Waals surface area contributed by atoms with Crippen molar-refractivity contribution in [2.75, 3.05) is 13.2 Å². The molecule has 0 aliphatic carbocycles. The summed E-state index contributed by atoms with van der Waals surface area (Å²) in [4.78, 5) is 11.4. The largest absolute Gasteiger partial charge is 0.457 e. The highest BCUT2D eigenvalue weighted by Gasteiger charge is 2.11. The van der Waals surface area contributed by atoms with Gasteiger partial charge in [0, 0.05) is 6.42 Å². The number of ether oxygens (including phenoxy) is 1. The van der Waals surface area contributed by atoms with Crippen molar-refractivity contribution < 1.29 is 19.7 Å². The lowest BCUT2D eigenvalue weighted by Crippen LogP contribution is -2.25. The van der Waals surface area contributed by atoms with Crippen LogP contribution in [0.15, 0.2) is 24.3 Å². The molecule has 0 saturated carbocycles. The molecule has 0 aliphatic heterocycles. The summed E-state index contributed by atoms with van der Waals surface area (Å²) >= 11 is 0. The van der Waals surface area contributed by atoms with Gasteiger partial charge in [0.1, 0.15) is 6.10 Å². The zero-order chi connectivity index (χ0) is 18.6. The standard InChI is InChI=1S/C21H38O4/c1-2-3-4-5-6-7-8-9-10-11-12-13-14-15-16-17-21(24)25-20(18-22)19-23/h7-10,20,22-23H,2-6,11-19H2,1H3. The molecule has 0 rings (SSSR count). The Morgan fingerprint density at radius 1 is 0.840 bits per heavy atom. The quantitative estimate of drug-likeness (QED) is 0.226. The van der Waals surface area contributed by atoms with E-state index in [-0.39, 0.29) is 19.2 Å². The van der Waals surface area contributed by atoms with Crippen molar-refractivity contribution in [1.29, 1.82) is 0 Å². The van der Waals surface area contributed by atoms with Crippen LogP contribution in [0.1, 0.15) is 84.0 Å². The van der Waals surface area contributed by atoms with Gasteiger partial charge >= 0.3 is 5.97 Å². The van der Waals surface area contributed by atoms with Crippen LogP contribution >= 0.6 is 0 Å². The third kappa shape index (κ3) is 17.5. The maximum atomic E-state index is 11.4. The third-order valence-corrected chi connectivity index (χ3v) is 4.06. The van der Waals surface area contributed by atoms with Crippen LogP contribution < -0.4 is 0 Å². The molecule has 0 unspecified atom stereocenters. The van der Waals surface area contributed by atoms with E-state index < -0.39 is 6.10 Å². The number of allylic oxidation sites excluding steroid dienone is 4. The van der Waals surface area contributed by atoms with Gasteiger partial charge in [-0.25, -0.2) is 0 Å². The molecule has 0 aromatic rings. The summed E-state index contributed by atoms with van der Waals surface area (Å²) in [5.74, 6) is -0.336. The molecule has 0 aromatic heterocycles. The van der Waals surface area contributed by atoms with Gasteiger partial charge in [0.05, 0.1) is 13.2 Å². The molecule has 0 heterocycles. The van der Waals surface area contributed by atoms with Crippen molar-refractivity contribution in [3.63, 3.8) is 0 Å². The number of aliphatic hydroxyl groups excluding tert-OH is 2. The zero-order valence-electron chi connectivity index (χ0n) is 16.0. The van der Waals surface area contributed by atoms with Crippen molar-refractivity contribution in [3.05, 3.63) is 24.3 Å². The van der Waals surface area contributed by atoms with E-state index in [2.05, 4.69) is 31.2 Å². The van der Waals surface area contributed by atoms with E-state index in [1.54, 1.807) is 0 Å². The van der Waals surface area contributed by atoms with Gasteiger partial charge in [-0.15, -0.1) is 0 Å². The van der Waals surface area contributed by atoms with Gasteiger partial charge in [0.15, 0.2) is 0 Å². The molecule has 0 fully saturated rings. The van der Waals surface area contributed by atoms with Gasteiger partial charge in [-0.05, 0) is 32.1 Å². The Morgan fingerprint density at radius 3 is 1.92 bits per heavy atom. The predicted molar refractivity (Wildman–Crippen MR) is 103 cm³/mol. The monoisotopic (exact) mass is 354 g/mol. The average Bonchev–Trinajstić information content (AvgIpc) is 2.62. The van der Waals surface area contributed by atoms with Crippen molar-refractivity contribution >= 4 is 5.97 Å². The lowest BCUT2D eigenvalue weighted by molar-refractivity contribution is -0.153. The zero-order valence-corrected chi connectivity index (χ0v) is 16.0. The van der Waals surface area contributed by atoms with E-state index >= 15 is 0 Å². The van der Waals surface area contributed by atoms with Gasteiger partial charge in [0.25, 0.3) is 0 Å². The number of aliphatic hydroxyl groups is 2. The second-order valence-corrected chi connectivity index (χ2v) is 6.49. The number of carbonyl (C=O) groups excluding carboxylic acids is 1. The SMILES string of the molecule is CCCCCCC=CC=CCCCCCCCC(=O)OC(CO)CO. The molecule has 146 valence electrons. The van der Waals surface area contributed by atoms with Crippen LogP contribution in [-0.4, -0.2) is 35.5 Å². The Morgan fingerprint density at radius 2 is 1.36 bits per heavy atom. The molecule has 0 radical (unpaired) electrons. The molecule has 0 amide bonds. The second kappa shape index (κ2) is 19.2. The summed E-state index contributed by atoms with van der Waals surface area (Å²) in [5, 5.41) is 17.7. The maximum Gasteiger partial charge on any atom is 0.306 e. The molecule has 4 heteroatoms. The fraction of sp³-hybridized carbons (Fsp3) is 0.762. The molecule has 0 saturated heterocycles. The maximum absolute atomic E-state index is 11.4. The number of esters is 1. The van der Waals surface area contributed by atoms with Crippen LogP contribution in [0.4, 0.5) is 0 Å². The first-order valence-electron chi connectivity index (χ1n) is 9.97. The fourth-order valence-electron chi connectivity index (χ4n) is 2.48. The highest BCUT2D eigenvalue weighted by atomic mass is 16.6. The van der Waals surface area contributed by atoms with Crippen LogP contribution in [0.5, 0.6) is 0 Å². The highest BCUT2D eigenvalue weighted by molar-refractivity contribution is 5.69. The first kappa shape index (κ1) is 23.9. The fourth-order valence-corrected chi connectivity index (χ4v) is 2.48. The second-order valence-electron chi connectivity index (χ2n) is 6.49. The Labute approximate surface area is 154 Å². The highest BCUT2D eigenvalue weighted by Crippen LogP contribution is 2.09. The summed E-state index contributed by atoms with van der Waals surface area (Å²) < 4.78 is 4.91. The molecule has 0 aliphatic rings. The first-order valence-corrected chi connectivity index (χ1v) is 9.97. The van der Waals surface area contributed by atoms with Gasteiger partial charge in [-0.2, -0.15) is 0 Å². The summed E-state index contributed by atoms with van der Waals surface area (Å²) in [6.07, 6.45) is 21.2. The van der Waals surface area contributed by atoms with Crippen molar-refractivity contribution in [2.24, 2.45) is 0 Å². The molecule has 0 spiro atoms. The first-order chi connectivity index (χ1) is 12.2. The van der Waals surface area contributed by atoms with E-state index in [4.69, 9.17) is 14.9 Å². The van der Waals surface area contributed by atoms with Crippen molar-refractivity contribution in [2.45, 2.75) is 90.1 Å². The minimum atomic E-state index is -0.773. The van der Waals surface area contributed by atoms with Crippen LogP contribution in [-0.2, 0) is 9.53 Å². The number of hydrogen-bond acceptors (Lipinski definition) is 4. The van der Waals surface area contributed by atoms with Crippen LogP contribution in [0, 0.1) is 0 Å². The lowest BCUT2D eigenvalue weighted by Gasteiger charge is -2.12. The topological polar surface area (TPSA) is 66.8 Å². The van der Waals surface area contributed by atoms with E-state index in [0.717, 1.165) is 25.7 Å². The molecular weight excluding hydrogens is 316 g/mol. The summed E-state index contributed by atoms with van der Waals surface area (Å²) in [6.45, 7) is 1.58. The van der Waals surface area contributed by atoms with E-state index in [9.17, 15) is 4.79 Å². The normalized spacial score (nSPS) is 11.8. The summed E-state index contributed by atoms with van der Waals surface area (Å²) in [7, 11) is 0. The Hall–Kier alpha value is -1.13. The van der Waals surface area contributed by atoms with Crippen molar-refractivity contribution in [3.8, 4) is 0 Å². The summed E-state index contributed by atoms with van der Waals surface area (Å²) in [6, 6.07) is 0. The number of carbonyl (C=O) groups is 1. The molecule has 25 heavy (non-hydrogen) atoms. The van der Waals surface area contributed by atoms with Gasteiger partial charge in [0.2, 0.25) is 0 Å². The van der Waals surface area contributed by atoms with Gasteiger partial charge in [-0.1, -0.05) is 69.8 Å². The Balaban J connectivity index is 3.36. The number of rotatable bonds is 17. The molecule has 0 bridgehead atoms. The van der Waals surface area contributed by atoms with Crippen LogP contribution in [0.2, 0.25) is 0 Å². The lowest BCUT2D eigenvalue weighted by atomic mass is 10.1. The van der Waals surface area contributed by atoms with E-state index in [0.29, 0.717) is 6.42 Å². The number of hydrogen-bond donors (Lipinski definition) is 2. The van der Waals surface area contributed by atoms with Crippen LogP contribution in [0.3, 0.4) is 0 Å². The third-order valence-electron chi connectivity index (χ3n) is 4.06. The molecular formula is C21H38O4. The number of unbranched alkanes of at least 4 members (excludes halogenated alkanes) is 9. The van der Waals surface area contributed by atoms with Gasteiger partial charge in [-0.3, -0.25) is 4.79 Å². The van der Waals surface area contributed by atoms with Gasteiger partial charge < -0.3 is 14.9 Å². The van der Waals surface area contributed by atoms with Crippen molar-refractivity contribution in [1.82, 2.24) is 0 Å². The average molecular weight is 355 g/mol. The predicted octanol–water partition coefficient (Wildman–Crippen LogP) is 4.70. The smallest absolute Gasteiger partial charge is 0.306 e. The minimum Gasteiger partial charge on any atom is -0.457 e. The molecule has 2 N–H and O–H groups in total. The summed E-state index contributed by atoms with van der Waals surface area (Å²) in [5.41, 5.74) is 0. The Bertz CT molecular complexity index is 346. The molecule has 4 nitrogen and oxygen atoms in total. The van der Waals surface area contributed by atoms with E-state index in [1.807, 2.05) is 0 Å².